The molecule has 2 atom stereocenters. The number of ether oxygens (including phenoxy) is 2. The number of nitrogens with one attached hydrogen (secondary N) is 1. The van der Waals surface area contributed by atoms with Gasteiger partial charge in [0, 0.05) is 32.4 Å². The van der Waals surface area contributed by atoms with E-state index in [0.717, 1.165) is 11.1 Å². The van der Waals surface area contributed by atoms with E-state index >= 15 is 0 Å². The minimum absolute atomic E-state index is 0.0180. The average Bonchev–Trinajstić information content (AvgIpc) is 2.37. The van der Waals surface area contributed by atoms with Crippen LogP contribution in [-0.2, 0) is 9.47 Å². The molecule has 0 saturated heterocycles. The van der Waals surface area contributed by atoms with Gasteiger partial charge in [0.05, 0.1) is 12.7 Å². The lowest BCUT2D eigenvalue weighted by Crippen LogP contribution is -2.33. The lowest BCUT2D eigenvalue weighted by atomic mass is 10.0. The second-order valence-electron chi connectivity index (χ2n) is 4.51. The van der Waals surface area contributed by atoms with Crippen molar-refractivity contribution < 1.29 is 14.6 Å². The van der Waals surface area contributed by atoms with Crippen LogP contribution in [0.2, 0.25) is 0 Å². The van der Waals surface area contributed by atoms with Gasteiger partial charge in [0.2, 0.25) is 0 Å². The minimum atomic E-state index is 0.0180. The van der Waals surface area contributed by atoms with Crippen LogP contribution in [-0.4, -0.2) is 38.6 Å². The second kappa shape index (κ2) is 7.36. The van der Waals surface area contributed by atoms with Crippen LogP contribution in [0.5, 0.6) is 5.75 Å². The quantitative estimate of drug-likeness (QED) is 0.780. The topological polar surface area (TPSA) is 50.7 Å². The summed E-state index contributed by atoms with van der Waals surface area (Å²) >= 11 is 0. The fourth-order valence-electron chi connectivity index (χ4n) is 1.84. The van der Waals surface area contributed by atoms with E-state index in [1.54, 1.807) is 20.3 Å². The van der Waals surface area contributed by atoms with Crippen molar-refractivity contribution in [3.63, 3.8) is 0 Å². The molecule has 102 valence electrons. The number of phenols is 1. The van der Waals surface area contributed by atoms with E-state index in [4.69, 9.17) is 9.47 Å². The van der Waals surface area contributed by atoms with Gasteiger partial charge in [-0.2, -0.15) is 0 Å². The number of benzene rings is 1. The van der Waals surface area contributed by atoms with Crippen LogP contribution < -0.4 is 5.32 Å². The first kappa shape index (κ1) is 15.0. The zero-order valence-corrected chi connectivity index (χ0v) is 11.6. The maximum absolute atomic E-state index is 9.84. The lowest BCUT2D eigenvalue weighted by Gasteiger charge is -2.20. The van der Waals surface area contributed by atoms with Crippen molar-refractivity contribution in [2.24, 2.45) is 0 Å². The van der Waals surface area contributed by atoms with E-state index in [-0.39, 0.29) is 12.1 Å². The van der Waals surface area contributed by atoms with Gasteiger partial charge in [0.1, 0.15) is 5.75 Å². The van der Waals surface area contributed by atoms with E-state index in [0.29, 0.717) is 18.9 Å². The molecule has 2 N–H and O–H groups in total. The first-order valence-electron chi connectivity index (χ1n) is 6.13. The molecular weight excluding hydrogens is 230 g/mol. The summed E-state index contributed by atoms with van der Waals surface area (Å²) < 4.78 is 10.3. The Bertz CT molecular complexity index is 368. The van der Waals surface area contributed by atoms with Crippen molar-refractivity contribution in [1.29, 1.82) is 0 Å². The van der Waals surface area contributed by atoms with Crippen LogP contribution in [0.15, 0.2) is 18.2 Å². The Morgan fingerprint density at radius 2 is 2.06 bits per heavy atom. The molecular formula is C14H23NO3. The van der Waals surface area contributed by atoms with Crippen molar-refractivity contribution in [3.8, 4) is 5.75 Å². The smallest absolute Gasteiger partial charge is 0.120 e. The standard InChI is InChI=1S/C14H23NO3/c1-10-5-6-14(16)13(7-10)11(2)15-8-12(18-4)9-17-3/h5-7,11-12,15-16H,8-9H2,1-4H3. The van der Waals surface area contributed by atoms with Crippen molar-refractivity contribution in [2.45, 2.75) is 26.0 Å². The maximum atomic E-state index is 9.84. The Kier molecular flexibility index (Phi) is 6.12. The van der Waals surface area contributed by atoms with Crippen LogP contribution >= 0.6 is 0 Å². The van der Waals surface area contributed by atoms with E-state index < -0.39 is 0 Å². The van der Waals surface area contributed by atoms with E-state index in [1.807, 2.05) is 26.0 Å². The lowest BCUT2D eigenvalue weighted by molar-refractivity contribution is 0.0276. The highest BCUT2D eigenvalue weighted by Crippen LogP contribution is 2.24. The molecule has 0 heterocycles. The monoisotopic (exact) mass is 253 g/mol. The summed E-state index contributed by atoms with van der Waals surface area (Å²) in [6.07, 6.45) is 0.0180. The normalized spacial score (nSPS) is 14.4. The number of hydrogen-bond acceptors (Lipinski definition) is 4. The molecule has 18 heavy (non-hydrogen) atoms. The third kappa shape index (κ3) is 4.29. The summed E-state index contributed by atoms with van der Waals surface area (Å²) in [4.78, 5) is 0. The molecule has 4 nitrogen and oxygen atoms in total. The summed E-state index contributed by atoms with van der Waals surface area (Å²) in [5, 5.41) is 13.2. The van der Waals surface area contributed by atoms with Crippen LogP contribution in [0.25, 0.3) is 0 Å². The molecule has 0 radical (unpaired) electrons. The number of phenolic OH excluding ortho intramolecular Hbond substituents is 1. The molecule has 0 spiro atoms. The van der Waals surface area contributed by atoms with E-state index in [1.165, 1.54) is 0 Å². The first-order valence-corrected chi connectivity index (χ1v) is 6.13. The van der Waals surface area contributed by atoms with Gasteiger partial charge in [0.25, 0.3) is 0 Å². The Hall–Kier alpha value is -1.10. The van der Waals surface area contributed by atoms with Crippen molar-refractivity contribution in [3.05, 3.63) is 29.3 Å². The van der Waals surface area contributed by atoms with E-state index in [2.05, 4.69) is 5.32 Å². The molecule has 0 aliphatic rings. The summed E-state index contributed by atoms with van der Waals surface area (Å²) in [5.74, 6) is 0.321. The van der Waals surface area contributed by atoms with Crippen molar-refractivity contribution in [1.82, 2.24) is 5.32 Å². The van der Waals surface area contributed by atoms with Gasteiger partial charge in [0.15, 0.2) is 0 Å². The molecule has 0 aliphatic heterocycles. The molecule has 0 aliphatic carbocycles. The highest BCUT2D eigenvalue weighted by Gasteiger charge is 2.13. The SMILES string of the molecule is COCC(CNC(C)c1cc(C)ccc1O)OC. The van der Waals surface area contributed by atoms with Crippen LogP contribution in [0.4, 0.5) is 0 Å². The highest BCUT2D eigenvalue weighted by atomic mass is 16.5. The number of rotatable bonds is 7. The second-order valence-corrected chi connectivity index (χ2v) is 4.51. The molecule has 0 saturated carbocycles. The fourth-order valence-corrected chi connectivity index (χ4v) is 1.84. The zero-order chi connectivity index (χ0) is 13.5. The first-order chi connectivity index (χ1) is 8.58. The summed E-state index contributed by atoms with van der Waals surface area (Å²) in [5.41, 5.74) is 2.04. The molecule has 0 amide bonds. The number of methoxy groups -OCH3 is 2. The number of hydrogen-bond donors (Lipinski definition) is 2. The third-order valence-corrected chi connectivity index (χ3v) is 2.99. The van der Waals surface area contributed by atoms with Gasteiger partial charge in [-0.1, -0.05) is 17.7 Å². The van der Waals surface area contributed by atoms with Crippen LogP contribution in [0, 0.1) is 6.92 Å². The summed E-state index contributed by atoms with van der Waals surface area (Å²) in [6.45, 7) is 5.27. The zero-order valence-electron chi connectivity index (χ0n) is 11.6. The Morgan fingerprint density at radius 1 is 1.33 bits per heavy atom. The summed E-state index contributed by atoms with van der Waals surface area (Å²) in [7, 11) is 3.32. The van der Waals surface area contributed by atoms with Gasteiger partial charge in [-0.15, -0.1) is 0 Å². The Balaban J connectivity index is 2.59. The van der Waals surface area contributed by atoms with Crippen molar-refractivity contribution in [2.75, 3.05) is 27.4 Å². The predicted molar refractivity (Wildman–Crippen MR) is 71.9 cm³/mol. The molecule has 0 bridgehead atoms. The largest absolute Gasteiger partial charge is 0.508 e. The van der Waals surface area contributed by atoms with Crippen LogP contribution in [0.3, 0.4) is 0 Å². The van der Waals surface area contributed by atoms with Gasteiger partial charge >= 0.3 is 0 Å². The summed E-state index contributed by atoms with van der Waals surface area (Å²) in [6, 6.07) is 5.69. The maximum Gasteiger partial charge on any atom is 0.120 e. The fraction of sp³-hybridized carbons (Fsp3) is 0.571. The molecule has 0 aromatic heterocycles. The Labute approximate surface area is 109 Å². The number of aryl methyl sites for hydroxylation is 1. The average molecular weight is 253 g/mol. The predicted octanol–water partition coefficient (Wildman–Crippen LogP) is 2.01. The van der Waals surface area contributed by atoms with E-state index in [9.17, 15) is 5.11 Å². The molecule has 4 heteroatoms. The molecule has 1 rings (SSSR count). The van der Waals surface area contributed by atoms with Gasteiger partial charge in [-0.25, -0.2) is 0 Å². The number of aromatic hydroxyl groups is 1. The molecule has 0 fully saturated rings. The molecule has 2 unspecified atom stereocenters. The Morgan fingerprint density at radius 3 is 2.67 bits per heavy atom. The molecule has 1 aromatic rings. The van der Waals surface area contributed by atoms with Crippen LogP contribution in [0.1, 0.15) is 24.1 Å². The highest BCUT2D eigenvalue weighted by molar-refractivity contribution is 5.37. The van der Waals surface area contributed by atoms with Gasteiger partial charge < -0.3 is 19.9 Å². The minimum Gasteiger partial charge on any atom is -0.508 e. The van der Waals surface area contributed by atoms with Crippen molar-refractivity contribution >= 4 is 0 Å². The third-order valence-electron chi connectivity index (χ3n) is 2.99. The van der Waals surface area contributed by atoms with Gasteiger partial charge in [-0.05, 0) is 19.9 Å². The molecule has 1 aromatic carbocycles. The van der Waals surface area contributed by atoms with Gasteiger partial charge in [-0.3, -0.25) is 0 Å².